The standard InChI is InChI=1S/C12H15IN4/c13-4-6-17-5-3-10-7-9(1-2-11(10)17)8-16-12(14)15/h1-3,5,7H,4,6,8H2,(H4,14,15,16). The third-order valence-electron chi connectivity index (χ3n) is 2.61. The van der Waals surface area contributed by atoms with E-state index in [2.05, 4.69) is 62.6 Å². The maximum absolute atomic E-state index is 5.32. The van der Waals surface area contributed by atoms with Gasteiger partial charge in [-0.05, 0) is 29.1 Å². The topological polar surface area (TPSA) is 69.3 Å². The normalized spacial score (nSPS) is 10.6. The summed E-state index contributed by atoms with van der Waals surface area (Å²) in [6.07, 6.45) is 2.12. The predicted octanol–water partition coefficient (Wildman–Crippen LogP) is 1.85. The molecule has 1 aromatic carbocycles. The minimum absolute atomic E-state index is 0.132. The third kappa shape index (κ3) is 2.91. The Labute approximate surface area is 114 Å². The molecule has 17 heavy (non-hydrogen) atoms. The molecule has 0 aliphatic heterocycles. The second-order valence-electron chi connectivity index (χ2n) is 3.83. The molecule has 0 fully saturated rings. The van der Waals surface area contributed by atoms with Crippen LogP contribution in [0.5, 0.6) is 0 Å². The van der Waals surface area contributed by atoms with Crippen LogP contribution in [-0.4, -0.2) is 15.0 Å². The van der Waals surface area contributed by atoms with E-state index in [4.69, 9.17) is 11.5 Å². The molecule has 2 rings (SSSR count). The van der Waals surface area contributed by atoms with E-state index < -0.39 is 0 Å². The highest BCUT2D eigenvalue weighted by Crippen LogP contribution is 2.18. The van der Waals surface area contributed by atoms with Crippen molar-refractivity contribution in [1.29, 1.82) is 0 Å². The number of aromatic nitrogens is 1. The van der Waals surface area contributed by atoms with Gasteiger partial charge in [0.1, 0.15) is 0 Å². The van der Waals surface area contributed by atoms with Gasteiger partial charge in [0.25, 0.3) is 0 Å². The van der Waals surface area contributed by atoms with Crippen molar-refractivity contribution in [3.63, 3.8) is 0 Å². The van der Waals surface area contributed by atoms with Gasteiger partial charge in [-0.15, -0.1) is 0 Å². The highest BCUT2D eigenvalue weighted by atomic mass is 127. The van der Waals surface area contributed by atoms with Gasteiger partial charge in [0.15, 0.2) is 5.96 Å². The molecular formula is C12H15IN4. The second-order valence-corrected chi connectivity index (χ2v) is 4.91. The SMILES string of the molecule is NC(N)=NCc1ccc2c(ccn2CCI)c1. The number of benzene rings is 1. The number of nitrogens with two attached hydrogens (primary N) is 2. The minimum atomic E-state index is 0.132. The van der Waals surface area contributed by atoms with Crippen LogP contribution in [0.15, 0.2) is 35.5 Å². The fourth-order valence-electron chi connectivity index (χ4n) is 1.82. The van der Waals surface area contributed by atoms with E-state index in [1.807, 2.05) is 0 Å². The van der Waals surface area contributed by atoms with Crippen LogP contribution in [0.25, 0.3) is 10.9 Å². The molecule has 0 bridgehead atoms. The molecule has 0 amide bonds. The number of hydrogen-bond acceptors (Lipinski definition) is 1. The van der Waals surface area contributed by atoms with Crippen molar-refractivity contribution in [2.45, 2.75) is 13.1 Å². The van der Waals surface area contributed by atoms with Crippen LogP contribution < -0.4 is 11.5 Å². The first-order valence-electron chi connectivity index (χ1n) is 5.40. The predicted molar refractivity (Wildman–Crippen MR) is 80.3 cm³/mol. The zero-order valence-electron chi connectivity index (χ0n) is 9.44. The maximum atomic E-state index is 5.32. The van der Waals surface area contributed by atoms with Crippen molar-refractivity contribution in [3.8, 4) is 0 Å². The molecule has 4 nitrogen and oxygen atoms in total. The summed E-state index contributed by atoms with van der Waals surface area (Å²) in [4.78, 5) is 4.01. The highest BCUT2D eigenvalue weighted by molar-refractivity contribution is 14.1. The minimum Gasteiger partial charge on any atom is -0.370 e. The monoisotopic (exact) mass is 342 g/mol. The average Bonchev–Trinajstić information content (AvgIpc) is 2.70. The molecule has 0 aliphatic carbocycles. The van der Waals surface area contributed by atoms with E-state index in [9.17, 15) is 0 Å². The summed E-state index contributed by atoms with van der Waals surface area (Å²) in [5.41, 5.74) is 13.0. The zero-order chi connectivity index (χ0) is 12.3. The highest BCUT2D eigenvalue weighted by Gasteiger charge is 2.01. The lowest BCUT2D eigenvalue weighted by atomic mass is 10.1. The largest absolute Gasteiger partial charge is 0.370 e. The summed E-state index contributed by atoms with van der Waals surface area (Å²) in [5.74, 6) is 0.132. The average molecular weight is 342 g/mol. The van der Waals surface area contributed by atoms with Crippen molar-refractivity contribution in [2.24, 2.45) is 16.5 Å². The van der Waals surface area contributed by atoms with Gasteiger partial charge in [-0.2, -0.15) is 0 Å². The van der Waals surface area contributed by atoms with Crippen LogP contribution in [-0.2, 0) is 13.1 Å². The molecule has 4 N–H and O–H groups in total. The van der Waals surface area contributed by atoms with Crippen molar-refractivity contribution >= 4 is 39.5 Å². The Morgan fingerprint density at radius 3 is 2.82 bits per heavy atom. The Hall–Kier alpha value is -1.24. The summed E-state index contributed by atoms with van der Waals surface area (Å²) < 4.78 is 3.36. The number of aliphatic imine (C=N–C) groups is 1. The summed E-state index contributed by atoms with van der Waals surface area (Å²) in [5, 5.41) is 1.23. The molecular weight excluding hydrogens is 327 g/mol. The Balaban J connectivity index is 2.29. The van der Waals surface area contributed by atoms with Crippen molar-refractivity contribution < 1.29 is 0 Å². The van der Waals surface area contributed by atoms with Crippen LogP contribution >= 0.6 is 22.6 Å². The number of fused-ring (bicyclic) bond motifs is 1. The molecule has 0 saturated carbocycles. The van der Waals surface area contributed by atoms with E-state index in [-0.39, 0.29) is 5.96 Å². The van der Waals surface area contributed by atoms with E-state index in [0.29, 0.717) is 6.54 Å². The lowest BCUT2D eigenvalue weighted by Crippen LogP contribution is -2.22. The number of alkyl halides is 1. The molecule has 1 heterocycles. The van der Waals surface area contributed by atoms with Crippen molar-refractivity contribution in [3.05, 3.63) is 36.0 Å². The zero-order valence-corrected chi connectivity index (χ0v) is 11.6. The first-order chi connectivity index (χ1) is 8.20. The first kappa shape index (κ1) is 12.2. The lowest BCUT2D eigenvalue weighted by molar-refractivity contribution is 0.817. The summed E-state index contributed by atoms with van der Waals surface area (Å²) in [6, 6.07) is 8.45. The van der Waals surface area contributed by atoms with Crippen LogP contribution in [0.4, 0.5) is 0 Å². The van der Waals surface area contributed by atoms with Gasteiger partial charge in [0, 0.05) is 22.7 Å². The Bertz CT molecular complexity index is 540. The van der Waals surface area contributed by atoms with E-state index in [1.165, 1.54) is 10.9 Å². The molecule has 0 atom stereocenters. The fourth-order valence-corrected chi connectivity index (χ4v) is 2.34. The molecule has 0 saturated heterocycles. The third-order valence-corrected chi connectivity index (χ3v) is 3.09. The molecule has 90 valence electrons. The maximum Gasteiger partial charge on any atom is 0.186 e. The molecule has 5 heteroatoms. The van der Waals surface area contributed by atoms with Gasteiger partial charge in [0.2, 0.25) is 0 Å². The molecule has 2 aromatic rings. The van der Waals surface area contributed by atoms with Gasteiger partial charge >= 0.3 is 0 Å². The van der Waals surface area contributed by atoms with Crippen molar-refractivity contribution in [2.75, 3.05) is 4.43 Å². The van der Waals surface area contributed by atoms with E-state index in [0.717, 1.165) is 16.5 Å². The number of nitrogens with zero attached hydrogens (tertiary/aromatic N) is 2. The van der Waals surface area contributed by atoms with Gasteiger partial charge in [-0.3, -0.25) is 0 Å². The smallest absolute Gasteiger partial charge is 0.186 e. The van der Waals surface area contributed by atoms with Crippen LogP contribution in [0.3, 0.4) is 0 Å². The van der Waals surface area contributed by atoms with E-state index >= 15 is 0 Å². The Kier molecular flexibility index (Phi) is 3.88. The number of hydrogen-bond donors (Lipinski definition) is 2. The Morgan fingerprint density at radius 2 is 2.12 bits per heavy atom. The summed E-state index contributed by atoms with van der Waals surface area (Å²) in [7, 11) is 0. The number of halogens is 1. The number of aryl methyl sites for hydroxylation is 1. The number of guanidine groups is 1. The second kappa shape index (κ2) is 5.39. The molecule has 0 unspecified atom stereocenters. The van der Waals surface area contributed by atoms with Gasteiger partial charge in [0.05, 0.1) is 6.54 Å². The van der Waals surface area contributed by atoms with Crippen molar-refractivity contribution in [1.82, 2.24) is 4.57 Å². The van der Waals surface area contributed by atoms with E-state index in [1.54, 1.807) is 0 Å². The summed E-state index contributed by atoms with van der Waals surface area (Å²) in [6.45, 7) is 1.58. The fraction of sp³-hybridized carbons (Fsp3) is 0.250. The molecule has 0 aliphatic rings. The first-order valence-corrected chi connectivity index (χ1v) is 6.92. The Morgan fingerprint density at radius 1 is 1.29 bits per heavy atom. The quantitative estimate of drug-likeness (QED) is 0.385. The lowest BCUT2D eigenvalue weighted by Gasteiger charge is -2.03. The van der Waals surface area contributed by atoms with Gasteiger partial charge in [-0.1, -0.05) is 28.7 Å². The molecule has 0 radical (unpaired) electrons. The number of rotatable bonds is 4. The van der Waals surface area contributed by atoms with Crippen LogP contribution in [0.1, 0.15) is 5.56 Å². The molecule has 1 aromatic heterocycles. The van der Waals surface area contributed by atoms with Gasteiger partial charge in [-0.25, -0.2) is 4.99 Å². The summed E-state index contributed by atoms with van der Waals surface area (Å²) >= 11 is 2.38. The van der Waals surface area contributed by atoms with Crippen LogP contribution in [0, 0.1) is 0 Å². The van der Waals surface area contributed by atoms with Crippen LogP contribution in [0.2, 0.25) is 0 Å². The van der Waals surface area contributed by atoms with Gasteiger partial charge < -0.3 is 16.0 Å². The molecule has 0 spiro atoms.